The number of hydrogen-bond donors (Lipinski definition) is 1. The summed E-state index contributed by atoms with van der Waals surface area (Å²) in [6.45, 7) is 5.78. The summed E-state index contributed by atoms with van der Waals surface area (Å²) in [6.07, 6.45) is -0.110. The van der Waals surface area contributed by atoms with Gasteiger partial charge in [-0.25, -0.2) is 4.79 Å². The fourth-order valence-electron chi connectivity index (χ4n) is 2.62. The Hall–Kier alpha value is -2.73. The van der Waals surface area contributed by atoms with Crippen molar-refractivity contribution in [2.75, 3.05) is 20.3 Å². The molecule has 0 unspecified atom stereocenters. The molecular formula is C22H26ClNO5. The molecule has 0 bridgehead atoms. The van der Waals surface area contributed by atoms with Crippen LogP contribution in [-0.2, 0) is 9.53 Å². The molecule has 2 aromatic carbocycles. The van der Waals surface area contributed by atoms with Crippen LogP contribution in [-0.4, -0.2) is 38.2 Å². The quantitative estimate of drug-likeness (QED) is 0.616. The van der Waals surface area contributed by atoms with E-state index in [1.54, 1.807) is 0 Å². The second-order valence-corrected chi connectivity index (χ2v) is 7.26. The Morgan fingerprint density at radius 1 is 1.10 bits per heavy atom. The molecule has 0 aliphatic carbocycles. The van der Waals surface area contributed by atoms with E-state index in [4.69, 9.17) is 25.8 Å². The number of carbonyl (C=O) groups excluding carboxylic acids is 2. The number of carbonyl (C=O) groups is 2. The van der Waals surface area contributed by atoms with Crippen molar-refractivity contribution >= 4 is 23.5 Å². The Morgan fingerprint density at radius 2 is 1.79 bits per heavy atom. The third-order valence-electron chi connectivity index (χ3n) is 4.13. The molecule has 6 nitrogen and oxygen atoms in total. The average molecular weight is 420 g/mol. The Labute approximate surface area is 176 Å². The van der Waals surface area contributed by atoms with Crippen LogP contribution in [0.25, 0.3) is 0 Å². The van der Waals surface area contributed by atoms with E-state index in [0.717, 1.165) is 5.56 Å². The zero-order valence-corrected chi connectivity index (χ0v) is 17.8. The maximum absolute atomic E-state index is 12.3. The van der Waals surface area contributed by atoms with E-state index < -0.39 is 5.97 Å². The van der Waals surface area contributed by atoms with Gasteiger partial charge >= 0.3 is 5.97 Å². The molecular weight excluding hydrogens is 394 g/mol. The second kappa shape index (κ2) is 10.7. The smallest absolute Gasteiger partial charge is 0.338 e. The lowest BCUT2D eigenvalue weighted by Gasteiger charge is -2.16. The van der Waals surface area contributed by atoms with E-state index in [-0.39, 0.29) is 35.1 Å². The van der Waals surface area contributed by atoms with Gasteiger partial charge in [-0.3, -0.25) is 4.79 Å². The van der Waals surface area contributed by atoms with E-state index in [1.807, 2.05) is 51.1 Å². The number of benzene rings is 2. The first-order valence-corrected chi connectivity index (χ1v) is 9.72. The predicted molar refractivity (Wildman–Crippen MR) is 112 cm³/mol. The van der Waals surface area contributed by atoms with E-state index >= 15 is 0 Å². The van der Waals surface area contributed by atoms with E-state index in [9.17, 15) is 9.59 Å². The number of nitrogens with one attached hydrogen (secondary N) is 1. The minimum absolute atomic E-state index is 0.110. The fourth-order valence-corrected chi connectivity index (χ4v) is 2.87. The van der Waals surface area contributed by atoms with Crippen LogP contribution in [0.3, 0.4) is 0 Å². The molecule has 156 valence electrons. The standard InChI is InChI=1S/C22H26ClNO5/c1-14(2)29-21-18(23)10-17(11-19(21)27-4)22(26)28-13-20(25)24-12-15(3)16-8-6-5-7-9-16/h5-11,14-15H,12-13H2,1-4H3,(H,24,25)/t15-/m1/s1. The zero-order valence-electron chi connectivity index (χ0n) is 17.0. The van der Waals surface area contributed by atoms with Crippen molar-refractivity contribution in [3.05, 3.63) is 58.6 Å². The van der Waals surface area contributed by atoms with Gasteiger partial charge in [0.05, 0.1) is 23.8 Å². The molecule has 0 saturated heterocycles. The zero-order chi connectivity index (χ0) is 21.4. The van der Waals surface area contributed by atoms with E-state index in [0.29, 0.717) is 18.0 Å². The predicted octanol–water partition coefficient (Wildman–Crippen LogP) is 4.21. The molecule has 2 rings (SSSR count). The Morgan fingerprint density at radius 3 is 2.41 bits per heavy atom. The number of hydrogen-bond acceptors (Lipinski definition) is 5. The molecule has 7 heteroatoms. The molecule has 0 aliphatic heterocycles. The molecule has 0 radical (unpaired) electrons. The minimum Gasteiger partial charge on any atom is -0.493 e. The van der Waals surface area contributed by atoms with Gasteiger partial charge in [0.1, 0.15) is 0 Å². The molecule has 0 spiro atoms. The summed E-state index contributed by atoms with van der Waals surface area (Å²) in [7, 11) is 1.45. The molecule has 1 atom stereocenters. The van der Waals surface area contributed by atoms with Gasteiger partial charge in [-0.05, 0) is 37.5 Å². The Balaban J connectivity index is 1.91. The second-order valence-electron chi connectivity index (χ2n) is 6.85. The summed E-state index contributed by atoms with van der Waals surface area (Å²) >= 11 is 6.21. The molecule has 0 fully saturated rings. The van der Waals surface area contributed by atoms with Gasteiger partial charge in [0.2, 0.25) is 0 Å². The number of ether oxygens (including phenoxy) is 3. The van der Waals surface area contributed by atoms with Gasteiger partial charge in [0.15, 0.2) is 18.1 Å². The number of halogens is 1. The number of amides is 1. The van der Waals surface area contributed by atoms with Crippen molar-refractivity contribution in [3.8, 4) is 11.5 Å². The van der Waals surface area contributed by atoms with Crippen LogP contribution >= 0.6 is 11.6 Å². The van der Waals surface area contributed by atoms with Crippen molar-refractivity contribution in [1.82, 2.24) is 5.32 Å². The van der Waals surface area contributed by atoms with E-state index in [2.05, 4.69) is 5.32 Å². The summed E-state index contributed by atoms with van der Waals surface area (Å²) in [6, 6.07) is 12.7. The van der Waals surface area contributed by atoms with Crippen molar-refractivity contribution in [3.63, 3.8) is 0 Å². The van der Waals surface area contributed by atoms with Gasteiger partial charge in [-0.2, -0.15) is 0 Å². The highest BCUT2D eigenvalue weighted by Gasteiger charge is 2.18. The number of rotatable bonds is 9. The molecule has 1 amide bonds. The summed E-state index contributed by atoms with van der Waals surface area (Å²) in [5.74, 6) is -0.230. The topological polar surface area (TPSA) is 73.9 Å². The largest absolute Gasteiger partial charge is 0.493 e. The maximum Gasteiger partial charge on any atom is 0.338 e. The Kier molecular flexibility index (Phi) is 8.34. The highest BCUT2D eigenvalue weighted by Crippen LogP contribution is 2.37. The monoisotopic (exact) mass is 419 g/mol. The molecule has 0 heterocycles. The molecule has 29 heavy (non-hydrogen) atoms. The third-order valence-corrected chi connectivity index (χ3v) is 4.41. The number of methoxy groups -OCH3 is 1. The first-order chi connectivity index (χ1) is 13.8. The normalized spacial score (nSPS) is 11.7. The van der Waals surface area contributed by atoms with Gasteiger partial charge in [-0.15, -0.1) is 0 Å². The van der Waals surface area contributed by atoms with Gasteiger partial charge in [0.25, 0.3) is 5.91 Å². The van der Waals surface area contributed by atoms with Gasteiger partial charge in [-0.1, -0.05) is 48.9 Å². The van der Waals surface area contributed by atoms with Gasteiger partial charge < -0.3 is 19.5 Å². The van der Waals surface area contributed by atoms with Crippen LogP contribution in [0.2, 0.25) is 5.02 Å². The summed E-state index contributed by atoms with van der Waals surface area (Å²) in [4.78, 5) is 24.3. The van der Waals surface area contributed by atoms with Crippen LogP contribution < -0.4 is 14.8 Å². The first kappa shape index (κ1) is 22.6. The summed E-state index contributed by atoms with van der Waals surface area (Å²) < 4.78 is 16.0. The minimum atomic E-state index is -0.674. The maximum atomic E-state index is 12.3. The highest BCUT2D eigenvalue weighted by molar-refractivity contribution is 6.32. The highest BCUT2D eigenvalue weighted by atomic mass is 35.5. The van der Waals surface area contributed by atoms with Crippen molar-refractivity contribution in [2.45, 2.75) is 32.8 Å². The van der Waals surface area contributed by atoms with E-state index in [1.165, 1.54) is 19.2 Å². The molecule has 0 aliphatic rings. The molecule has 2 aromatic rings. The van der Waals surface area contributed by atoms with Crippen LogP contribution in [0.15, 0.2) is 42.5 Å². The van der Waals surface area contributed by atoms with Crippen LogP contribution in [0.5, 0.6) is 11.5 Å². The number of esters is 1. The van der Waals surface area contributed by atoms with Gasteiger partial charge in [0, 0.05) is 6.54 Å². The lowest BCUT2D eigenvalue weighted by Crippen LogP contribution is -2.31. The first-order valence-electron chi connectivity index (χ1n) is 9.34. The third kappa shape index (κ3) is 6.68. The molecule has 0 saturated carbocycles. The van der Waals surface area contributed by atoms with Crippen LogP contribution in [0.1, 0.15) is 42.6 Å². The SMILES string of the molecule is COc1cc(C(=O)OCC(=O)NC[C@@H](C)c2ccccc2)cc(Cl)c1OC(C)C. The average Bonchev–Trinajstić information content (AvgIpc) is 2.71. The lowest BCUT2D eigenvalue weighted by atomic mass is 10.0. The molecule has 0 aromatic heterocycles. The molecule has 1 N–H and O–H groups in total. The summed E-state index contributed by atoms with van der Waals surface area (Å²) in [5.41, 5.74) is 1.30. The van der Waals surface area contributed by atoms with Crippen LogP contribution in [0, 0.1) is 0 Å². The Bertz CT molecular complexity index is 839. The van der Waals surface area contributed by atoms with Crippen molar-refractivity contribution < 1.29 is 23.8 Å². The lowest BCUT2D eigenvalue weighted by molar-refractivity contribution is -0.124. The van der Waals surface area contributed by atoms with Crippen molar-refractivity contribution in [1.29, 1.82) is 0 Å². The van der Waals surface area contributed by atoms with Crippen molar-refractivity contribution in [2.24, 2.45) is 0 Å². The fraction of sp³-hybridized carbons (Fsp3) is 0.364. The summed E-state index contributed by atoms with van der Waals surface area (Å²) in [5, 5.41) is 2.99. The van der Waals surface area contributed by atoms with Crippen LogP contribution in [0.4, 0.5) is 0 Å².